The lowest BCUT2D eigenvalue weighted by molar-refractivity contribution is 0.0858. The van der Waals surface area contributed by atoms with Crippen molar-refractivity contribution in [1.82, 2.24) is 5.32 Å². The molecule has 2 amide bonds. The molecule has 1 unspecified atom stereocenters. The SMILES string of the molecule is Cc1ccccc1C(=O)Nc1ccc(I)cc1C(=O)NCC1CCCO1. The van der Waals surface area contributed by atoms with Gasteiger partial charge in [0.1, 0.15) is 0 Å². The molecule has 0 radical (unpaired) electrons. The largest absolute Gasteiger partial charge is 0.376 e. The summed E-state index contributed by atoms with van der Waals surface area (Å²) in [6.07, 6.45) is 2.07. The topological polar surface area (TPSA) is 67.4 Å². The van der Waals surface area contributed by atoms with Gasteiger partial charge in [0.2, 0.25) is 0 Å². The predicted molar refractivity (Wildman–Crippen MR) is 110 cm³/mol. The monoisotopic (exact) mass is 464 g/mol. The minimum Gasteiger partial charge on any atom is -0.376 e. The first-order valence-corrected chi connectivity index (χ1v) is 9.69. The van der Waals surface area contributed by atoms with Crippen LogP contribution in [0.3, 0.4) is 0 Å². The van der Waals surface area contributed by atoms with Crippen LogP contribution in [0.4, 0.5) is 5.69 Å². The summed E-state index contributed by atoms with van der Waals surface area (Å²) in [5.41, 5.74) is 2.44. The Bertz CT molecular complexity index is 816. The van der Waals surface area contributed by atoms with Gasteiger partial charge in [-0.25, -0.2) is 0 Å². The second-order valence-corrected chi connectivity index (χ2v) is 7.55. The van der Waals surface area contributed by atoms with E-state index < -0.39 is 0 Å². The molecular weight excluding hydrogens is 443 g/mol. The van der Waals surface area contributed by atoms with Gasteiger partial charge in [-0.2, -0.15) is 0 Å². The van der Waals surface area contributed by atoms with E-state index >= 15 is 0 Å². The van der Waals surface area contributed by atoms with E-state index in [1.807, 2.05) is 31.2 Å². The van der Waals surface area contributed by atoms with Gasteiger partial charge >= 0.3 is 0 Å². The Morgan fingerprint density at radius 2 is 1.96 bits per heavy atom. The first-order chi connectivity index (χ1) is 12.5. The first-order valence-electron chi connectivity index (χ1n) is 8.61. The number of hydrogen-bond donors (Lipinski definition) is 2. The maximum absolute atomic E-state index is 12.6. The van der Waals surface area contributed by atoms with Crippen molar-refractivity contribution in [3.63, 3.8) is 0 Å². The van der Waals surface area contributed by atoms with Gasteiger partial charge in [0, 0.05) is 22.3 Å². The highest BCUT2D eigenvalue weighted by Crippen LogP contribution is 2.21. The van der Waals surface area contributed by atoms with Gasteiger partial charge in [0.15, 0.2) is 0 Å². The fraction of sp³-hybridized carbons (Fsp3) is 0.300. The lowest BCUT2D eigenvalue weighted by Crippen LogP contribution is -2.32. The number of halogens is 1. The van der Waals surface area contributed by atoms with Crippen LogP contribution >= 0.6 is 22.6 Å². The normalized spacial score (nSPS) is 16.3. The number of nitrogens with one attached hydrogen (secondary N) is 2. The summed E-state index contributed by atoms with van der Waals surface area (Å²) >= 11 is 2.16. The second kappa shape index (κ2) is 8.64. The third-order valence-electron chi connectivity index (χ3n) is 4.38. The van der Waals surface area contributed by atoms with E-state index in [-0.39, 0.29) is 17.9 Å². The van der Waals surface area contributed by atoms with Crippen LogP contribution in [-0.2, 0) is 4.74 Å². The molecule has 2 aromatic carbocycles. The Morgan fingerprint density at radius 1 is 1.15 bits per heavy atom. The van der Waals surface area contributed by atoms with Crippen molar-refractivity contribution in [3.05, 3.63) is 62.7 Å². The van der Waals surface area contributed by atoms with E-state index in [2.05, 4.69) is 33.2 Å². The smallest absolute Gasteiger partial charge is 0.255 e. The van der Waals surface area contributed by atoms with E-state index in [0.717, 1.165) is 28.6 Å². The van der Waals surface area contributed by atoms with Crippen molar-refractivity contribution >= 4 is 40.1 Å². The summed E-state index contributed by atoms with van der Waals surface area (Å²) in [5.74, 6) is -0.434. The van der Waals surface area contributed by atoms with Crippen LogP contribution in [0.5, 0.6) is 0 Å². The molecular formula is C20H21IN2O3. The molecule has 0 saturated carbocycles. The average Bonchev–Trinajstić information content (AvgIpc) is 3.15. The lowest BCUT2D eigenvalue weighted by atomic mass is 10.1. The molecule has 6 heteroatoms. The Morgan fingerprint density at radius 3 is 2.69 bits per heavy atom. The Kier molecular flexibility index (Phi) is 6.26. The Balaban J connectivity index is 1.75. The molecule has 0 aliphatic carbocycles. The fourth-order valence-corrected chi connectivity index (χ4v) is 3.43. The zero-order chi connectivity index (χ0) is 18.5. The summed E-state index contributed by atoms with van der Waals surface area (Å²) < 4.78 is 6.47. The molecule has 1 atom stereocenters. The molecule has 3 rings (SSSR count). The van der Waals surface area contributed by atoms with Crippen LogP contribution in [0.2, 0.25) is 0 Å². The molecule has 1 aliphatic heterocycles. The molecule has 2 N–H and O–H groups in total. The number of hydrogen-bond acceptors (Lipinski definition) is 3. The van der Waals surface area contributed by atoms with Crippen molar-refractivity contribution in [2.24, 2.45) is 0 Å². The number of benzene rings is 2. The molecule has 2 aromatic rings. The van der Waals surface area contributed by atoms with Gasteiger partial charge < -0.3 is 15.4 Å². The minimum absolute atomic E-state index is 0.0757. The molecule has 26 heavy (non-hydrogen) atoms. The maximum Gasteiger partial charge on any atom is 0.255 e. The van der Waals surface area contributed by atoms with Gasteiger partial charge in [0.05, 0.1) is 17.4 Å². The van der Waals surface area contributed by atoms with Gasteiger partial charge in [-0.15, -0.1) is 0 Å². The third-order valence-corrected chi connectivity index (χ3v) is 5.05. The van der Waals surface area contributed by atoms with E-state index in [1.165, 1.54) is 0 Å². The molecule has 0 aromatic heterocycles. The summed E-state index contributed by atoms with van der Waals surface area (Å²) in [6.45, 7) is 3.12. The molecule has 5 nitrogen and oxygen atoms in total. The third kappa shape index (κ3) is 4.62. The zero-order valence-corrected chi connectivity index (χ0v) is 16.7. The second-order valence-electron chi connectivity index (χ2n) is 6.30. The predicted octanol–water partition coefficient (Wildman–Crippen LogP) is 3.76. The number of rotatable bonds is 5. The standard InChI is InChI=1S/C20H21IN2O3/c1-13-5-2-3-7-16(13)20(25)23-18-9-8-14(21)11-17(18)19(24)22-12-15-6-4-10-26-15/h2-3,5,7-9,11,15H,4,6,10,12H2,1H3,(H,22,24)(H,23,25). The summed E-state index contributed by atoms with van der Waals surface area (Å²) in [6, 6.07) is 12.8. The summed E-state index contributed by atoms with van der Waals surface area (Å²) in [5, 5.41) is 5.78. The lowest BCUT2D eigenvalue weighted by Gasteiger charge is -2.15. The van der Waals surface area contributed by atoms with Gasteiger partial charge in [0.25, 0.3) is 11.8 Å². The Hall–Kier alpha value is -1.93. The fourth-order valence-electron chi connectivity index (χ4n) is 2.94. The molecule has 1 heterocycles. The number of carbonyl (C=O) groups excluding carboxylic acids is 2. The highest BCUT2D eigenvalue weighted by molar-refractivity contribution is 14.1. The van der Waals surface area contributed by atoms with Crippen molar-refractivity contribution in [3.8, 4) is 0 Å². The highest BCUT2D eigenvalue weighted by Gasteiger charge is 2.19. The van der Waals surface area contributed by atoms with Crippen molar-refractivity contribution < 1.29 is 14.3 Å². The van der Waals surface area contributed by atoms with E-state index in [4.69, 9.17) is 4.74 Å². The average molecular weight is 464 g/mol. The van der Waals surface area contributed by atoms with Crippen LogP contribution in [0.1, 0.15) is 39.1 Å². The number of amides is 2. The number of aryl methyl sites for hydroxylation is 1. The van der Waals surface area contributed by atoms with Crippen molar-refractivity contribution in [1.29, 1.82) is 0 Å². The van der Waals surface area contributed by atoms with Crippen LogP contribution in [0, 0.1) is 10.5 Å². The number of anilines is 1. The molecule has 1 aliphatic rings. The molecule has 136 valence electrons. The Labute approximate surface area is 166 Å². The quantitative estimate of drug-likeness (QED) is 0.663. The summed E-state index contributed by atoms with van der Waals surface area (Å²) in [4.78, 5) is 25.2. The van der Waals surface area contributed by atoms with Crippen molar-refractivity contribution in [2.75, 3.05) is 18.5 Å². The minimum atomic E-state index is -0.225. The van der Waals surface area contributed by atoms with Crippen LogP contribution < -0.4 is 10.6 Å². The van der Waals surface area contributed by atoms with E-state index in [1.54, 1.807) is 18.2 Å². The van der Waals surface area contributed by atoms with Crippen LogP contribution in [-0.4, -0.2) is 31.1 Å². The van der Waals surface area contributed by atoms with Gasteiger partial charge in [-0.1, -0.05) is 18.2 Å². The van der Waals surface area contributed by atoms with E-state index in [9.17, 15) is 9.59 Å². The number of carbonyl (C=O) groups is 2. The van der Waals surface area contributed by atoms with Gasteiger partial charge in [-0.3, -0.25) is 9.59 Å². The van der Waals surface area contributed by atoms with Crippen LogP contribution in [0.15, 0.2) is 42.5 Å². The molecule has 1 saturated heterocycles. The molecule has 0 spiro atoms. The van der Waals surface area contributed by atoms with Gasteiger partial charge in [-0.05, 0) is 72.2 Å². The van der Waals surface area contributed by atoms with Crippen LogP contribution in [0.25, 0.3) is 0 Å². The highest BCUT2D eigenvalue weighted by atomic mass is 127. The van der Waals surface area contributed by atoms with Crippen molar-refractivity contribution in [2.45, 2.75) is 25.9 Å². The molecule has 1 fully saturated rings. The number of ether oxygens (including phenoxy) is 1. The summed E-state index contributed by atoms with van der Waals surface area (Å²) in [7, 11) is 0. The maximum atomic E-state index is 12.6. The zero-order valence-electron chi connectivity index (χ0n) is 14.5. The van der Waals surface area contributed by atoms with E-state index in [0.29, 0.717) is 23.4 Å². The first kappa shape index (κ1) is 18.8. The molecule has 0 bridgehead atoms.